The van der Waals surface area contributed by atoms with Gasteiger partial charge in [0.25, 0.3) is 0 Å². The minimum atomic E-state index is 0.795. The number of rotatable bonds is 5. The van der Waals surface area contributed by atoms with E-state index in [9.17, 15) is 0 Å². The van der Waals surface area contributed by atoms with Crippen molar-refractivity contribution >= 4 is 12.4 Å². The number of hydrogen-bond acceptors (Lipinski definition) is 2. The van der Waals surface area contributed by atoms with E-state index in [4.69, 9.17) is 0 Å². The lowest BCUT2D eigenvalue weighted by molar-refractivity contribution is 1.24. The van der Waals surface area contributed by atoms with Crippen molar-refractivity contribution in [1.29, 1.82) is 0 Å². The highest BCUT2D eigenvalue weighted by Gasteiger charge is 2.19. The molecule has 0 bridgehead atoms. The molecule has 0 aromatic heterocycles. The second-order valence-electron chi connectivity index (χ2n) is 3.23. The van der Waals surface area contributed by atoms with Crippen molar-refractivity contribution < 1.29 is 0 Å². The van der Waals surface area contributed by atoms with Gasteiger partial charge in [-0.05, 0) is 18.1 Å². The second kappa shape index (κ2) is 5.81. The summed E-state index contributed by atoms with van der Waals surface area (Å²) in [5.74, 6) is 0. The van der Waals surface area contributed by atoms with Crippen LogP contribution in [0.4, 0.5) is 0 Å². The third-order valence-corrected chi connectivity index (χ3v) is 2.27. The van der Waals surface area contributed by atoms with Crippen LogP contribution in [0.2, 0.25) is 0 Å². The van der Waals surface area contributed by atoms with Crippen molar-refractivity contribution in [3.63, 3.8) is 0 Å². The van der Waals surface area contributed by atoms with E-state index in [0.717, 1.165) is 29.0 Å². The fourth-order valence-electron chi connectivity index (χ4n) is 1.56. The van der Waals surface area contributed by atoms with Crippen molar-refractivity contribution in [2.24, 2.45) is 9.98 Å². The summed E-state index contributed by atoms with van der Waals surface area (Å²) in [7, 11) is 0. The van der Waals surface area contributed by atoms with Gasteiger partial charge < -0.3 is 0 Å². The molecule has 0 spiro atoms. The van der Waals surface area contributed by atoms with Crippen LogP contribution in [0.1, 0.15) is 13.3 Å². The normalized spacial score (nSPS) is 16.6. The van der Waals surface area contributed by atoms with Gasteiger partial charge in [0.05, 0.1) is 11.4 Å². The van der Waals surface area contributed by atoms with Gasteiger partial charge in [-0.25, -0.2) is 0 Å². The minimum Gasteiger partial charge on any atom is -0.259 e. The van der Waals surface area contributed by atoms with Gasteiger partial charge in [0.1, 0.15) is 0 Å². The van der Waals surface area contributed by atoms with Crippen molar-refractivity contribution in [2.45, 2.75) is 13.3 Å². The Hall–Kier alpha value is -1.96. The zero-order valence-electron chi connectivity index (χ0n) is 9.61. The molecule has 0 saturated heterocycles. The van der Waals surface area contributed by atoms with Crippen LogP contribution in [0.25, 0.3) is 0 Å². The zero-order chi connectivity index (χ0) is 12.0. The third kappa shape index (κ3) is 2.34. The van der Waals surface area contributed by atoms with E-state index in [-0.39, 0.29) is 0 Å². The van der Waals surface area contributed by atoms with E-state index >= 15 is 0 Å². The van der Waals surface area contributed by atoms with Crippen LogP contribution >= 0.6 is 0 Å². The molecule has 0 aromatic rings. The Morgan fingerprint density at radius 3 is 2.00 bits per heavy atom. The lowest BCUT2D eigenvalue weighted by Crippen LogP contribution is -1.84. The van der Waals surface area contributed by atoms with Crippen LogP contribution < -0.4 is 0 Å². The van der Waals surface area contributed by atoms with Crippen LogP contribution in [0, 0.1) is 0 Å². The molecule has 1 rings (SSSR count). The summed E-state index contributed by atoms with van der Waals surface area (Å²) in [6, 6.07) is 0. The predicted molar refractivity (Wildman–Crippen MR) is 71.9 cm³/mol. The largest absolute Gasteiger partial charge is 0.259 e. The van der Waals surface area contributed by atoms with E-state index in [1.54, 1.807) is 18.5 Å². The summed E-state index contributed by atoms with van der Waals surface area (Å²) in [5, 5.41) is 0. The maximum Gasteiger partial charge on any atom is 0.0924 e. The van der Waals surface area contributed by atoms with Gasteiger partial charge in [-0.15, -0.1) is 0 Å². The van der Waals surface area contributed by atoms with Crippen LogP contribution in [0.5, 0.6) is 0 Å². The Labute approximate surface area is 96.8 Å². The molecule has 1 aliphatic rings. The molecule has 0 amide bonds. The first kappa shape index (κ1) is 12.1. The highest BCUT2D eigenvalue weighted by Crippen LogP contribution is 2.34. The average Bonchev–Trinajstić information content (AvgIpc) is 2.64. The van der Waals surface area contributed by atoms with E-state index < -0.39 is 0 Å². The molecule has 0 saturated carbocycles. The fourth-order valence-corrected chi connectivity index (χ4v) is 1.56. The lowest BCUT2D eigenvalue weighted by atomic mass is 10.1. The van der Waals surface area contributed by atoms with E-state index in [1.165, 1.54) is 0 Å². The molecule has 0 radical (unpaired) electrons. The summed E-state index contributed by atoms with van der Waals surface area (Å²) in [5.41, 5.74) is 3.91. The van der Waals surface area contributed by atoms with Gasteiger partial charge >= 0.3 is 0 Å². The average molecular weight is 212 g/mol. The molecular formula is C14H16N2. The quantitative estimate of drug-likeness (QED) is 0.622. The molecule has 16 heavy (non-hydrogen) atoms. The smallest absolute Gasteiger partial charge is 0.0924 e. The molecular weight excluding hydrogens is 196 g/mol. The number of nitrogens with zero attached hydrogens (tertiary/aromatic N) is 2. The van der Waals surface area contributed by atoms with Crippen molar-refractivity contribution in [2.75, 3.05) is 0 Å². The maximum absolute atomic E-state index is 4.34. The summed E-state index contributed by atoms with van der Waals surface area (Å²) >= 11 is 0. The van der Waals surface area contributed by atoms with Crippen LogP contribution in [-0.4, -0.2) is 12.4 Å². The molecule has 0 aromatic carbocycles. The molecule has 2 nitrogen and oxygen atoms in total. The molecule has 0 fully saturated rings. The van der Waals surface area contributed by atoms with Gasteiger partial charge in [-0.3, -0.25) is 9.98 Å². The van der Waals surface area contributed by atoms with E-state index in [1.807, 2.05) is 19.1 Å². The minimum absolute atomic E-state index is 0.795. The first-order valence-corrected chi connectivity index (χ1v) is 5.13. The molecule has 2 heteroatoms. The standard InChI is InChI=1S/C14H16N2/c1-5-9-16-14-12(7-3)10-11(6-2)13(14)15-8-4/h5-9H,1-3,10H2,4H3. The van der Waals surface area contributed by atoms with E-state index in [2.05, 4.69) is 29.7 Å². The Bertz CT molecular complexity index is 432. The summed E-state index contributed by atoms with van der Waals surface area (Å²) < 4.78 is 0. The maximum atomic E-state index is 4.34. The monoisotopic (exact) mass is 212 g/mol. The lowest BCUT2D eigenvalue weighted by Gasteiger charge is -1.99. The first-order chi connectivity index (χ1) is 7.78. The third-order valence-electron chi connectivity index (χ3n) is 2.27. The van der Waals surface area contributed by atoms with Gasteiger partial charge in [0.2, 0.25) is 0 Å². The Morgan fingerprint density at radius 1 is 1.00 bits per heavy atom. The number of allylic oxidation sites excluding steroid dienone is 5. The number of hydrogen-bond donors (Lipinski definition) is 0. The molecule has 0 atom stereocenters. The Morgan fingerprint density at radius 2 is 1.56 bits per heavy atom. The van der Waals surface area contributed by atoms with Crippen LogP contribution in [0.15, 0.2) is 70.5 Å². The van der Waals surface area contributed by atoms with Gasteiger partial charge in [0.15, 0.2) is 0 Å². The predicted octanol–water partition coefficient (Wildman–Crippen LogP) is 3.62. The van der Waals surface area contributed by atoms with E-state index in [0.29, 0.717) is 0 Å². The van der Waals surface area contributed by atoms with Gasteiger partial charge in [-0.2, -0.15) is 0 Å². The fraction of sp³-hybridized carbons (Fsp3) is 0.143. The topological polar surface area (TPSA) is 24.7 Å². The summed E-state index contributed by atoms with van der Waals surface area (Å²) in [6.07, 6.45) is 9.50. The van der Waals surface area contributed by atoms with Crippen LogP contribution in [0.3, 0.4) is 0 Å². The molecule has 0 aliphatic heterocycles. The van der Waals surface area contributed by atoms with Gasteiger partial charge in [-0.1, -0.05) is 38.0 Å². The van der Waals surface area contributed by atoms with Crippen molar-refractivity contribution in [1.82, 2.24) is 0 Å². The van der Waals surface area contributed by atoms with Crippen LogP contribution in [-0.2, 0) is 0 Å². The van der Waals surface area contributed by atoms with Crippen molar-refractivity contribution in [3.8, 4) is 0 Å². The molecule has 0 heterocycles. The van der Waals surface area contributed by atoms with Gasteiger partial charge in [0, 0.05) is 18.9 Å². The van der Waals surface area contributed by atoms with Crippen molar-refractivity contribution in [3.05, 3.63) is 60.5 Å². The highest BCUT2D eigenvalue weighted by atomic mass is 14.9. The molecule has 82 valence electrons. The summed E-state index contributed by atoms with van der Waals surface area (Å²) in [4.78, 5) is 8.68. The Balaban J connectivity index is 3.25. The number of aliphatic imine (C=N–C) groups is 2. The zero-order valence-corrected chi connectivity index (χ0v) is 9.61. The second-order valence-corrected chi connectivity index (χ2v) is 3.23. The first-order valence-electron chi connectivity index (χ1n) is 5.13. The highest BCUT2D eigenvalue weighted by molar-refractivity contribution is 5.73. The molecule has 0 unspecified atom stereocenters. The Kier molecular flexibility index (Phi) is 4.40. The molecule has 1 aliphatic carbocycles. The molecule has 0 N–H and O–H groups in total. The summed E-state index contributed by atoms with van der Waals surface area (Å²) in [6.45, 7) is 13.1. The SMILES string of the molecule is C=CC=NC1=C(C=C)CC(C=C)=C1N=CC.